The minimum Gasteiger partial charge on any atom is -0.496 e. The van der Waals surface area contributed by atoms with Crippen molar-refractivity contribution in [3.8, 4) is 5.75 Å². The first-order chi connectivity index (χ1) is 11.9. The fourth-order valence-corrected chi connectivity index (χ4v) is 2.62. The van der Waals surface area contributed by atoms with Crippen LogP contribution in [0.1, 0.15) is 12.5 Å². The molecule has 0 atom stereocenters. The summed E-state index contributed by atoms with van der Waals surface area (Å²) in [5.41, 5.74) is 1.21. The van der Waals surface area contributed by atoms with Gasteiger partial charge in [0.2, 0.25) is 5.91 Å². The van der Waals surface area contributed by atoms with Gasteiger partial charge in [0.15, 0.2) is 5.78 Å². The van der Waals surface area contributed by atoms with Crippen LogP contribution in [-0.2, 0) is 19.1 Å². The van der Waals surface area contributed by atoms with Gasteiger partial charge >= 0.3 is 5.97 Å². The molecule has 7 nitrogen and oxygen atoms in total. The second-order valence-electron chi connectivity index (χ2n) is 5.82. The largest absolute Gasteiger partial charge is 0.496 e. The molecule has 1 aliphatic heterocycles. The van der Waals surface area contributed by atoms with Gasteiger partial charge in [-0.2, -0.15) is 0 Å². The number of methoxy groups -OCH3 is 2. The molecule has 0 aliphatic carbocycles. The van der Waals surface area contributed by atoms with E-state index < -0.39 is 11.8 Å². The third kappa shape index (κ3) is 4.24. The molecule has 1 amide bonds. The number of Topliss-reactive ketones (excluding diaryl/α,β-unsaturated/α-hetero) is 1. The number of hydrogen-bond donors (Lipinski definition) is 0. The maximum Gasteiger partial charge on any atom is 0.341 e. The molecule has 0 saturated carbocycles. The molecular formula is C18H22N2O5. The number of carbonyl (C=O) groups is 3. The van der Waals surface area contributed by atoms with Crippen LogP contribution in [0.3, 0.4) is 0 Å². The van der Waals surface area contributed by atoms with Crippen LogP contribution in [0, 0.1) is 0 Å². The lowest BCUT2D eigenvalue weighted by Gasteiger charge is -2.32. The molecule has 0 radical (unpaired) electrons. The van der Waals surface area contributed by atoms with E-state index >= 15 is 0 Å². The summed E-state index contributed by atoms with van der Waals surface area (Å²) in [7, 11) is 4.62. The molecule has 1 aromatic rings. The second-order valence-corrected chi connectivity index (χ2v) is 5.82. The van der Waals surface area contributed by atoms with Crippen LogP contribution in [-0.4, -0.2) is 63.5 Å². The molecule has 0 aromatic heterocycles. The lowest BCUT2D eigenvalue weighted by Crippen LogP contribution is -2.48. The van der Waals surface area contributed by atoms with Crippen molar-refractivity contribution < 1.29 is 23.9 Å². The van der Waals surface area contributed by atoms with Crippen molar-refractivity contribution in [1.29, 1.82) is 0 Å². The summed E-state index contributed by atoms with van der Waals surface area (Å²) >= 11 is 0. The van der Waals surface area contributed by atoms with E-state index in [-0.39, 0.29) is 11.5 Å². The summed E-state index contributed by atoms with van der Waals surface area (Å²) in [6, 6.07) is 5.21. The lowest BCUT2D eigenvalue weighted by molar-refractivity contribution is -0.137. The lowest BCUT2D eigenvalue weighted by atomic mass is 10.1. The van der Waals surface area contributed by atoms with Gasteiger partial charge in [0, 0.05) is 30.4 Å². The molecular weight excluding hydrogens is 324 g/mol. The fourth-order valence-electron chi connectivity index (χ4n) is 2.62. The fraction of sp³-hybridized carbons (Fsp3) is 0.389. The molecule has 1 aliphatic rings. The summed E-state index contributed by atoms with van der Waals surface area (Å²) in [4.78, 5) is 39.3. The summed E-state index contributed by atoms with van der Waals surface area (Å²) < 4.78 is 10.0. The number of likely N-dealkylation sites (N-methyl/N-ethyl adjacent to an activating group) is 1. The Morgan fingerprint density at radius 2 is 1.92 bits per heavy atom. The Morgan fingerprint density at radius 1 is 1.20 bits per heavy atom. The first kappa shape index (κ1) is 18.7. The standard InChI is InChI=1S/C18H22N2O5/c1-12(21)15(18(23)25-4)9-13-5-6-14(10-16(13)24-3)20-8-7-19(2)11-17(20)22/h5-6,9-10H,7-8,11H2,1-4H3/b15-9+. The van der Waals surface area contributed by atoms with Crippen LogP contribution in [0.2, 0.25) is 0 Å². The maximum absolute atomic E-state index is 12.2. The van der Waals surface area contributed by atoms with Gasteiger partial charge in [0.25, 0.3) is 0 Å². The summed E-state index contributed by atoms with van der Waals surface area (Å²) in [5, 5.41) is 0. The van der Waals surface area contributed by atoms with Crippen LogP contribution in [0.25, 0.3) is 6.08 Å². The van der Waals surface area contributed by atoms with Crippen LogP contribution in [0.15, 0.2) is 23.8 Å². The van der Waals surface area contributed by atoms with Gasteiger partial charge in [-0.3, -0.25) is 14.5 Å². The maximum atomic E-state index is 12.2. The first-order valence-corrected chi connectivity index (χ1v) is 7.85. The smallest absolute Gasteiger partial charge is 0.341 e. The van der Waals surface area contributed by atoms with E-state index in [1.807, 2.05) is 11.9 Å². The topological polar surface area (TPSA) is 76.2 Å². The number of carbonyl (C=O) groups excluding carboxylic acids is 3. The van der Waals surface area contributed by atoms with E-state index in [1.54, 1.807) is 23.1 Å². The van der Waals surface area contributed by atoms with Crippen molar-refractivity contribution in [2.75, 3.05) is 45.8 Å². The quantitative estimate of drug-likeness (QED) is 0.344. The minimum absolute atomic E-state index is 0.0121. The van der Waals surface area contributed by atoms with Crippen molar-refractivity contribution in [3.63, 3.8) is 0 Å². The monoisotopic (exact) mass is 346 g/mol. The highest BCUT2D eigenvalue weighted by molar-refractivity contribution is 6.19. The Morgan fingerprint density at radius 3 is 2.48 bits per heavy atom. The molecule has 25 heavy (non-hydrogen) atoms. The molecule has 0 spiro atoms. The molecule has 0 N–H and O–H groups in total. The van der Waals surface area contributed by atoms with E-state index in [1.165, 1.54) is 27.2 Å². The molecule has 7 heteroatoms. The van der Waals surface area contributed by atoms with Gasteiger partial charge in [-0.15, -0.1) is 0 Å². The Hall–Kier alpha value is -2.67. The normalized spacial score (nSPS) is 15.9. The van der Waals surface area contributed by atoms with Gasteiger partial charge in [-0.05, 0) is 32.2 Å². The predicted octanol–water partition coefficient (Wildman–Crippen LogP) is 1.12. The SMILES string of the molecule is COC(=O)/C(=C/c1ccc(N2CCN(C)CC2=O)cc1OC)C(C)=O. The van der Waals surface area contributed by atoms with E-state index in [4.69, 9.17) is 4.74 Å². The number of esters is 1. The van der Waals surface area contributed by atoms with Crippen LogP contribution >= 0.6 is 0 Å². The highest BCUT2D eigenvalue weighted by Crippen LogP contribution is 2.28. The molecule has 1 saturated heterocycles. The van der Waals surface area contributed by atoms with Crippen molar-refractivity contribution in [1.82, 2.24) is 4.90 Å². The van der Waals surface area contributed by atoms with Gasteiger partial charge in [-0.1, -0.05) is 0 Å². The summed E-state index contributed by atoms with van der Waals surface area (Å²) in [6.45, 7) is 3.04. The number of hydrogen-bond acceptors (Lipinski definition) is 6. The highest BCUT2D eigenvalue weighted by atomic mass is 16.5. The van der Waals surface area contributed by atoms with Crippen LogP contribution in [0.5, 0.6) is 5.75 Å². The summed E-state index contributed by atoms with van der Waals surface area (Å²) in [5.74, 6) is -0.620. The predicted molar refractivity (Wildman–Crippen MR) is 93.5 cm³/mol. The molecule has 1 fully saturated rings. The number of nitrogens with zero attached hydrogens (tertiary/aromatic N) is 2. The first-order valence-electron chi connectivity index (χ1n) is 7.85. The zero-order valence-corrected chi connectivity index (χ0v) is 14.9. The third-order valence-corrected chi connectivity index (χ3v) is 4.02. The van der Waals surface area contributed by atoms with E-state index in [0.29, 0.717) is 24.4 Å². The molecule has 0 unspecified atom stereocenters. The van der Waals surface area contributed by atoms with Crippen molar-refractivity contribution in [3.05, 3.63) is 29.3 Å². The zero-order valence-electron chi connectivity index (χ0n) is 14.9. The highest BCUT2D eigenvalue weighted by Gasteiger charge is 2.24. The molecule has 134 valence electrons. The van der Waals surface area contributed by atoms with E-state index in [2.05, 4.69) is 4.74 Å². The number of ketones is 1. The zero-order chi connectivity index (χ0) is 18.6. The van der Waals surface area contributed by atoms with Crippen LogP contribution in [0.4, 0.5) is 5.69 Å². The number of piperazine rings is 1. The number of benzene rings is 1. The molecule has 0 bridgehead atoms. The Balaban J connectivity index is 2.38. The third-order valence-electron chi connectivity index (χ3n) is 4.02. The number of ether oxygens (including phenoxy) is 2. The summed E-state index contributed by atoms with van der Waals surface area (Å²) in [6.07, 6.45) is 1.43. The van der Waals surface area contributed by atoms with E-state index in [9.17, 15) is 14.4 Å². The Bertz CT molecular complexity index is 726. The van der Waals surface area contributed by atoms with Crippen molar-refractivity contribution in [2.45, 2.75) is 6.92 Å². The Kier molecular flexibility index (Phi) is 5.93. The average Bonchev–Trinajstić information content (AvgIpc) is 2.58. The molecule has 1 heterocycles. The number of anilines is 1. The van der Waals surface area contributed by atoms with Gasteiger partial charge in [0.1, 0.15) is 11.3 Å². The second kappa shape index (κ2) is 7.94. The number of rotatable bonds is 5. The van der Waals surface area contributed by atoms with E-state index in [0.717, 1.165) is 12.2 Å². The Labute approximate surface area is 146 Å². The molecule has 1 aromatic carbocycles. The van der Waals surface area contributed by atoms with Gasteiger partial charge in [-0.25, -0.2) is 4.79 Å². The van der Waals surface area contributed by atoms with Crippen LogP contribution < -0.4 is 9.64 Å². The van der Waals surface area contributed by atoms with Crippen molar-refractivity contribution >= 4 is 29.4 Å². The number of amides is 1. The van der Waals surface area contributed by atoms with Gasteiger partial charge < -0.3 is 14.4 Å². The molecule has 2 rings (SSSR count). The average molecular weight is 346 g/mol. The minimum atomic E-state index is -0.701. The van der Waals surface area contributed by atoms with Crippen molar-refractivity contribution in [2.24, 2.45) is 0 Å². The van der Waals surface area contributed by atoms with Gasteiger partial charge in [0.05, 0.1) is 20.8 Å².